The van der Waals surface area contributed by atoms with E-state index in [1.807, 2.05) is 19.9 Å². The predicted octanol–water partition coefficient (Wildman–Crippen LogP) is 4.63. The minimum atomic E-state index is -0.705. The minimum Gasteiger partial charge on any atom is -0.461 e. The number of benzene rings is 2. The molecule has 4 aromatic rings. The van der Waals surface area contributed by atoms with Gasteiger partial charge >= 0.3 is 5.97 Å². The highest BCUT2D eigenvalue weighted by molar-refractivity contribution is 7.16. The summed E-state index contributed by atoms with van der Waals surface area (Å²) in [5, 5.41) is 9.25. The van der Waals surface area contributed by atoms with Crippen molar-refractivity contribution in [2.24, 2.45) is 0 Å². The second kappa shape index (κ2) is 8.95. The molecule has 0 aliphatic heterocycles. The summed E-state index contributed by atoms with van der Waals surface area (Å²) in [5.41, 5.74) is 1.96. The average molecular weight is 466 g/mol. The number of aromatic nitrogens is 2. The maximum atomic E-state index is 13.4. The Bertz CT molecular complexity index is 1420. The van der Waals surface area contributed by atoms with Crippen molar-refractivity contribution in [1.29, 1.82) is 0 Å². The SMILES string of the molecule is CCOC(=O)c1nn(-c2ccc(F)cc2)c(=O)c2c(NC(=O)c3cc(C)cc(C)c3)scc12. The van der Waals surface area contributed by atoms with E-state index in [1.165, 1.54) is 24.3 Å². The molecule has 0 unspecified atom stereocenters. The van der Waals surface area contributed by atoms with Gasteiger partial charge in [-0.1, -0.05) is 17.2 Å². The van der Waals surface area contributed by atoms with E-state index in [-0.39, 0.29) is 39.7 Å². The van der Waals surface area contributed by atoms with Crippen molar-refractivity contribution in [3.05, 3.63) is 86.4 Å². The van der Waals surface area contributed by atoms with Crippen molar-refractivity contribution >= 4 is 39.0 Å². The van der Waals surface area contributed by atoms with Gasteiger partial charge in [0.15, 0.2) is 5.69 Å². The van der Waals surface area contributed by atoms with Gasteiger partial charge in [0.05, 0.1) is 17.7 Å². The van der Waals surface area contributed by atoms with E-state index in [4.69, 9.17) is 4.74 Å². The van der Waals surface area contributed by atoms with Gasteiger partial charge in [-0.15, -0.1) is 11.3 Å². The Morgan fingerprint density at radius 2 is 1.79 bits per heavy atom. The fourth-order valence-corrected chi connectivity index (χ4v) is 4.46. The summed E-state index contributed by atoms with van der Waals surface area (Å²) in [4.78, 5) is 38.9. The molecule has 2 aromatic heterocycles. The number of halogens is 1. The number of fused-ring (bicyclic) bond motifs is 1. The van der Waals surface area contributed by atoms with Crippen LogP contribution in [0.5, 0.6) is 0 Å². The summed E-state index contributed by atoms with van der Waals surface area (Å²) in [6.45, 7) is 5.57. The standard InChI is InChI=1S/C24H20FN3O4S/c1-4-32-24(31)20-18-12-33-22(26-21(29)15-10-13(2)9-14(3)11-15)19(18)23(30)28(27-20)17-7-5-16(25)6-8-17/h5-12H,4H2,1-3H3,(H,26,29). The summed E-state index contributed by atoms with van der Waals surface area (Å²) in [5.74, 6) is -1.56. The number of rotatable bonds is 5. The molecule has 0 fully saturated rings. The molecule has 0 saturated carbocycles. The Balaban J connectivity index is 1.88. The maximum Gasteiger partial charge on any atom is 0.359 e. The molecule has 0 atom stereocenters. The van der Waals surface area contributed by atoms with E-state index >= 15 is 0 Å². The quantitative estimate of drug-likeness (QED) is 0.434. The molecule has 168 valence electrons. The normalized spacial score (nSPS) is 10.9. The van der Waals surface area contributed by atoms with Crippen molar-refractivity contribution in [3.8, 4) is 5.69 Å². The molecule has 9 heteroatoms. The Labute approximate surface area is 192 Å². The zero-order valence-electron chi connectivity index (χ0n) is 18.1. The molecule has 7 nitrogen and oxygen atoms in total. The number of nitrogens with one attached hydrogen (secondary N) is 1. The van der Waals surface area contributed by atoms with Gasteiger partial charge in [0, 0.05) is 16.3 Å². The van der Waals surface area contributed by atoms with Gasteiger partial charge in [-0.05, 0) is 57.2 Å². The summed E-state index contributed by atoms with van der Waals surface area (Å²) in [6, 6.07) is 10.6. The molecule has 1 N–H and O–H groups in total. The van der Waals surface area contributed by atoms with E-state index in [0.29, 0.717) is 5.56 Å². The molecule has 33 heavy (non-hydrogen) atoms. The molecule has 0 spiro atoms. The van der Waals surface area contributed by atoms with Crippen molar-refractivity contribution in [3.63, 3.8) is 0 Å². The summed E-state index contributed by atoms with van der Waals surface area (Å²) in [6.07, 6.45) is 0. The van der Waals surface area contributed by atoms with E-state index in [1.54, 1.807) is 24.4 Å². The molecular formula is C24H20FN3O4S. The molecule has 0 saturated heterocycles. The molecule has 4 rings (SSSR count). The van der Waals surface area contributed by atoms with E-state index in [0.717, 1.165) is 27.1 Å². The third kappa shape index (κ3) is 4.40. The van der Waals surface area contributed by atoms with Gasteiger partial charge < -0.3 is 10.1 Å². The van der Waals surface area contributed by atoms with Crippen molar-refractivity contribution < 1.29 is 18.7 Å². The van der Waals surface area contributed by atoms with Crippen molar-refractivity contribution in [2.75, 3.05) is 11.9 Å². The largest absolute Gasteiger partial charge is 0.461 e. The first-order valence-electron chi connectivity index (χ1n) is 10.2. The first-order valence-corrected chi connectivity index (χ1v) is 11.0. The lowest BCUT2D eigenvalue weighted by atomic mass is 10.1. The zero-order chi connectivity index (χ0) is 23.7. The zero-order valence-corrected chi connectivity index (χ0v) is 19.0. The lowest BCUT2D eigenvalue weighted by Gasteiger charge is -2.10. The van der Waals surface area contributed by atoms with E-state index in [2.05, 4.69) is 10.4 Å². The fraction of sp³-hybridized carbons (Fsp3) is 0.167. The van der Waals surface area contributed by atoms with Crippen molar-refractivity contribution in [1.82, 2.24) is 9.78 Å². The van der Waals surface area contributed by atoms with Crippen LogP contribution < -0.4 is 10.9 Å². The summed E-state index contributed by atoms with van der Waals surface area (Å²) in [7, 11) is 0. The molecule has 2 heterocycles. The molecule has 0 bridgehead atoms. The number of hydrogen-bond donors (Lipinski definition) is 1. The molecule has 2 aromatic carbocycles. The van der Waals surface area contributed by atoms with Crippen LogP contribution in [0.3, 0.4) is 0 Å². The van der Waals surface area contributed by atoms with Gasteiger partial charge in [-0.3, -0.25) is 9.59 Å². The fourth-order valence-electron chi connectivity index (χ4n) is 3.53. The third-order valence-corrected chi connectivity index (χ3v) is 5.80. The Kier molecular flexibility index (Phi) is 6.06. The lowest BCUT2D eigenvalue weighted by molar-refractivity contribution is 0.0520. The number of ether oxygens (including phenoxy) is 1. The van der Waals surface area contributed by atoms with Crippen LogP contribution >= 0.6 is 11.3 Å². The number of carbonyl (C=O) groups is 2. The predicted molar refractivity (Wildman–Crippen MR) is 125 cm³/mol. The average Bonchev–Trinajstić information content (AvgIpc) is 3.18. The molecular weight excluding hydrogens is 445 g/mol. The number of amides is 1. The summed E-state index contributed by atoms with van der Waals surface area (Å²) >= 11 is 1.11. The number of nitrogens with zero attached hydrogens (tertiary/aromatic N) is 2. The summed E-state index contributed by atoms with van der Waals surface area (Å²) < 4.78 is 19.5. The Morgan fingerprint density at radius 1 is 1.12 bits per heavy atom. The topological polar surface area (TPSA) is 90.3 Å². The minimum absolute atomic E-state index is 0.0704. The van der Waals surface area contributed by atoms with Crippen LogP contribution in [0.1, 0.15) is 38.9 Å². The third-order valence-electron chi connectivity index (χ3n) is 4.90. The molecule has 0 radical (unpaired) electrons. The highest BCUT2D eigenvalue weighted by Crippen LogP contribution is 2.31. The number of esters is 1. The Morgan fingerprint density at radius 3 is 2.42 bits per heavy atom. The van der Waals surface area contributed by atoms with E-state index in [9.17, 15) is 18.8 Å². The molecule has 0 aliphatic carbocycles. The van der Waals surface area contributed by atoms with Gasteiger partial charge in [-0.25, -0.2) is 9.18 Å². The van der Waals surface area contributed by atoms with Crippen LogP contribution in [0.4, 0.5) is 9.39 Å². The van der Waals surface area contributed by atoms with E-state index < -0.39 is 17.3 Å². The number of thiophene rings is 1. The monoisotopic (exact) mass is 465 g/mol. The smallest absolute Gasteiger partial charge is 0.359 e. The number of carbonyl (C=O) groups excluding carboxylic acids is 2. The van der Waals surface area contributed by atoms with Crippen LogP contribution in [0.2, 0.25) is 0 Å². The Hall–Kier alpha value is -3.85. The second-order valence-electron chi connectivity index (χ2n) is 7.45. The first kappa shape index (κ1) is 22.3. The van der Waals surface area contributed by atoms with Crippen LogP contribution in [-0.2, 0) is 4.74 Å². The highest BCUT2D eigenvalue weighted by Gasteiger charge is 2.23. The van der Waals surface area contributed by atoms with Gasteiger partial charge in [0.25, 0.3) is 11.5 Å². The molecule has 0 aliphatic rings. The van der Waals surface area contributed by atoms with Crippen LogP contribution in [0.25, 0.3) is 16.5 Å². The number of anilines is 1. The van der Waals surface area contributed by atoms with Crippen LogP contribution in [-0.4, -0.2) is 28.3 Å². The number of hydrogen-bond acceptors (Lipinski definition) is 6. The van der Waals surface area contributed by atoms with Crippen LogP contribution in [0, 0.1) is 19.7 Å². The van der Waals surface area contributed by atoms with Gasteiger partial charge in [-0.2, -0.15) is 9.78 Å². The highest BCUT2D eigenvalue weighted by atomic mass is 32.1. The second-order valence-corrected chi connectivity index (χ2v) is 8.33. The van der Waals surface area contributed by atoms with Gasteiger partial charge in [0.1, 0.15) is 10.8 Å². The lowest BCUT2D eigenvalue weighted by Crippen LogP contribution is -2.25. The first-order chi connectivity index (χ1) is 15.8. The molecule has 1 amide bonds. The van der Waals surface area contributed by atoms with Gasteiger partial charge in [0.2, 0.25) is 0 Å². The van der Waals surface area contributed by atoms with Crippen molar-refractivity contribution in [2.45, 2.75) is 20.8 Å². The maximum absolute atomic E-state index is 13.4. The number of aryl methyl sites for hydroxylation is 2. The van der Waals surface area contributed by atoms with Crippen LogP contribution in [0.15, 0.2) is 52.6 Å².